The van der Waals surface area contributed by atoms with Gasteiger partial charge in [-0.15, -0.1) is 10.2 Å². The highest BCUT2D eigenvalue weighted by Crippen LogP contribution is 2.26. The topological polar surface area (TPSA) is 58.4 Å². The molecule has 1 heterocycles. The summed E-state index contributed by atoms with van der Waals surface area (Å²) in [4.78, 5) is 0. The molecule has 0 amide bonds. The molecule has 30 heavy (non-hydrogen) atoms. The Balaban J connectivity index is 1.25. The van der Waals surface area contributed by atoms with E-state index in [-0.39, 0.29) is 0 Å². The van der Waals surface area contributed by atoms with Gasteiger partial charge in [-0.3, -0.25) is 0 Å². The van der Waals surface area contributed by atoms with Crippen LogP contribution in [-0.4, -0.2) is 34.2 Å². The molecule has 6 nitrogen and oxygen atoms in total. The third-order valence-corrected chi connectivity index (χ3v) is 6.24. The third-order valence-electron chi connectivity index (χ3n) is 5.26. The number of aromatic nitrogens is 3. The lowest BCUT2D eigenvalue weighted by Gasteiger charge is -2.16. The molecule has 4 rings (SSSR count). The molecule has 0 N–H and O–H groups in total. The van der Waals surface area contributed by atoms with Gasteiger partial charge in [0, 0.05) is 12.8 Å². The highest BCUT2D eigenvalue weighted by molar-refractivity contribution is 7.99. The maximum atomic E-state index is 5.99. The van der Waals surface area contributed by atoms with Crippen molar-refractivity contribution in [2.45, 2.75) is 37.4 Å². The molecule has 7 heteroatoms. The predicted octanol–water partition coefficient (Wildman–Crippen LogP) is 4.45. The van der Waals surface area contributed by atoms with Crippen molar-refractivity contribution in [2.75, 3.05) is 19.5 Å². The van der Waals surface area contributed by atoms with Crippen LogP contribution < -0.4 is 14.2 Å². The summed E-state index contributed by atoms with van der Waals surface area (Å²) >= 11 is 1.62. The van der Waals surface area contributed by atoms with Gasteiger partial charge >= 0.3 is 0 Å². The van der Waals surface area contributed by atoms with E-state index in [1.807, 2.05) is 35.9 Å². The van der Waals surface area contributed by atoms with Crippen LogP contribution in [0.25, 0.3) is 0 Å². The van der Waals surface area contributed by atoms with Gasteiger partial charge in [-0.25, -0.2) is 0 Å². The summed E-state index contributed by atoms with van der Waals surface area (Å²) in [6.07, 6.45) is 4.89. The summed E-state index contributed by atoms with van der Waals surface area (Å²) < 4.78 is 18.9. The quantitative estimate of drug-likeness (QED) is 0.373. The van der Waals surface area contributed by atoms with Crippen LogP contribution in [0.2, 0.25) is 0 Å². The van der Waals surface area contributed by atoms with E-state index < -0.39 is 0 Å². The molecule has 0 bridgehead atoms. The average Bonchev–Trinajstić information content (AvgIpc) is 3.15. The Kier molecular flexibility index (Phi) is 6.79. The molecule has 3 aromatic rings. The first-order valence-corrected chi connectivity index (χ1v) is 11.2. The molecule has 1 aromatic heterocycles. The van der Waals surface area contributed by atoms with Crippen molar-refractivity contribution in [1.82, 2.24) is 14.8 Å². The highest BCUT2D eigenvalue weighted by atomic mass is 32.2. The molecule has 0 saturated carbocycles. The Morgan fingerprint density at radius 1 is 0.900 bits per heavy atom. The van der Waals surface area contributed by atoms with Crippen LogP contribution in [0.5, 0.6) is 17.2 Å². The van der Waals surface area contributed by atoms with Crippen LogP contribution in [0.4, 0.5) is 0 Å². The summed E-state index contributed by atoms with van der Waals surface area (Å²) in [5, 5.41) is 9.43. The van der Waals surface area contributed by atoms with Crippen molar-refractivity contribution in [3.05, 3.63) is 59.4 Å². The number of thioether (sulfide) groups is 1. The van der Waals surface area contributed by atoms with Crippen LogP contribution >= 0.6 is 11.8 Å². The maximum absolute atomic E-state index is 5.99. The fourth-order valence-corrected chi connectivity index (χ4v) is 4.26. The van der Waals surface area contributed by atoms with Gasteiger partial charge in [0.25, 0.3) is 0 Å². The van der Waals surface area contributed by atoms with Gasteiger partial charge in [0.1, 0.15) is 23.9 Å². The largest absolute Gasteiger partial charge is 0.497 e. The minimum atomic E-state index is 0.408. The lowest BCUT2D eigenvalue weighted by atomic mass is 9.92. The molecular weight excluding hydrogens is 398 g/mol. The molecule has 158 valence electrons. The Labute approximate surface area is 181 Å². The molecule has 0 atom stereocenters. The van der Waals surface area contributed by atoms with E-state index in [1.54, 1.807) is 18.9 Å². The minimum absolute atomic E-state index is 0.408. The molecule has 0 fully saturated rings. The van der Waals surface area contributed by atoms with E-state index in [4.69, 9.17) is 14.2 Å². The van der Waals surface area contributed by atoms with E-state index in [2.05, 4.69) is 28.4 Å². The maximum Gasteiger partial charge on any atom is 0.191 e. The van der Waals surface area contributed by atoms with Crippen molar-refractivity contribution >= 4 is 11.8 Å². The van der Waals surface area contributed by atoms with Crippen LogP contribution in [-0.2, 0) is 26.5 Å². The normalized spacial score (nSPS) is 13.0. The number of aryl methyl sites for hydroxylation is 2. The second-order valence-electron chi connectivity index (χ2n) is 7.26. The Morgan fingerprint density at radius 2 is 1.63 bits per heavy atom. The zero-order chi connectivity index (χ0) is 20.8. The Bertz CT molecular complexity index is 972. The van der Waals surface area contributed by atoms with Crippen LogP contribution in [0.15, 0.2) is 47.6 Å². The first-order chi connectivity index (χ1) is 14.7. The summed E-state index contributed by atoms with van der Waals surface area (Å²) in [5.41, 5.74) is 2.88. The number of fused-ring (bicyclic) bond motifs is 1. The van der Waals surface area contributed by atoms with Crippen molar-refractivity contribution in [1.29, 1.82) is 0 Å². The molecule has 2 aromatic carbocycles. The van der Waals surface area contributed by atoms with Crippen LogP contribution in [0, 0.1) is 0 Å². The van der Waals surface area contributed by atoms with Crippen molar-refractivity contribution in [3.63, 3.8) is 0 Å². The molecule has 0 aliphatic heterocycles. The molecule has 0 radical (unpaired) electrons. The van der Waals surface area contributed by atoms with Gasteiger partial charge in [-0.1, -0.05) is 17.8 Å². The van der Waals surface area contributed by atoms with Gasteiger partial charge in [0.2, 0.25) is 0 Å². The number of benzene rings is 2. The number of hydrogen-bond acceptors (Lipinski definition) is 6. The van der Waals surface area contributed by atoms with E-state index in [9.17, 15) is 0 Å². The monoisotopic (exact) mass is 425 g/mol. The summed E-state index contributed by atoms with van der Waals surface area (Å²) in [5.74, 6) is 4.14. The van der Waals surface area contributed by atoms with Crippen LogP contribution in [0.1, 0.15) is 29.8 Å². The smallest absolute Gasteiger partial charge is 0.191 e. The lowest BCUT2D eigenvalue weighted by molar-refractivity contribution is 0.290. The van der Waals surface area contributed by atoms with E-state index >= 15 is 0 Å². The van der Waals surface area contributed by atoms with Gasteiger partial charge in [0.05, 0.1) is 13.7 Å². The predicted molar refractivity (Wildman–Crippen MR) is 118 cm³/mol. The standard InChI is InChI=1S/C23H27N3O3S/c1-26-22(16-29-21-8-7-17-5-3-4-6-18(17)15-21)24-25-23(26)30-14-13-28-20-11-9-19(27-2)10-12-20/h7-12,15H,3-6,13-14,16H2,1-2H3. The Morgan fingerprint density at radius 3 is 2.43 bits per heavy atom. The fraction of sp³-hybridized carbons (Fsp3) is 0.391. The van der Waals surface area contributed by atoms with Gasteiger partial charge < -0.3 is 18.8 Å². The molecule has 1 aliphatic carbocycles. The van der Waals surface area contributed by atoms with E-state index in [0.717, 1.165) is 40.4 Å². The number of nitrogens with zero attached hydrogens (tertiary/aromatic N) is 3. The van der Waals surface area contributed by atoms with Crippen LogP contribution in [0.3, 0.4) is 0 Å². The van der Waals surface area contributed by atoms with E-state index in [0.29, 0.717) is 13.2 Å². The van der Waals surface area contributed by atoms with E-state index in [1.165, 1.54) is 30.4 Å². The number of methoxy groups -OCH3 is 1. The first kappa shape index (κ1) is 20.6. The number of ether oxygens (including phenoxy) is 3. The average molecular weight is 426 g/mol. The zero-order valence-electron chi connectivity index (χ0n) is 17.5. The van der Waals surface area contributed by atoms with Gasteiger partial charge in [0.15, 0.2) is 11.0 Å². The highest BCUT2D eigenvalue weighted by Gasteiger charge is 2.12. The van der Waals surface area contributed by atoms with Crippen molar-refractivity contribution < 1.29 is 14.2 Å². The fourth-order valence-electron chi connectivity index (χ4n) is 3.51. The molecule has 0 spiro atoms. The second-order valence-corrected chi connectivity index (χ2v) is 8.32. The second kappa shape index (κ2) is 9.89. The molecule has 0 unspecified atom stereocenters. The minimum Gasteiger partial charge on any atom is -0.497 e. The molecular formula is C23H27N3O3S. The zero-order valence-corrected chi connectivity index (χ0v) is 18.3. The van der Waals surface area contributed by atoms with Crippen molar-refractivity contribution in [2.24, 2.45) is 7.05 Å². The SMILES string of the molecule is COc1ccc(OCCSc2nnc(COc3ccc4c(c3)CCCC4)n2C)cc1. The number of hydrogen-bond donors (Lipinski definition) is 0. The molecule has 0 saturated heterocycles. The lowest BCUT2D eigenvalue weighted by Crippen LogP contribution is -2.06. The summed E-state index contributed by atoms with van der Waals surface area (Å²) in [7, 11) is 3.62. The third kappa shape index (κ3) is 5.08. The first-order valence-electron chi connectivity index (χ1n) is 10.3. The number of rotatable bonds is 9. The molecule has 1 aliphatic rings. The summed E-state index contributed by atoms with van der Waals surface area (Å²) in [6, 6.07) is 14.0. The summed E-state index contributed by atoms with van der Waals surface area (Å²) in [6.45, 7) is 0.996. The van der Waals surface area contributed by atoms with Gasteiger partial charge in [-0.05, 0) is 73.2 Å². The Hall–Kier alpha value is -2.67. The van der Waals surface area contributed by atoms with Crippen molar-refractivity contribution in [3.8, 4) is 17.2 Å². The van der Waals surface area contributed by atoms with Gasteiger partial charge in [-0.2, -0.15) is 0 Å².